The Morgan fingerprint density at radius 1 is 1.11 bits per heavy atom. The number of rotatable bonds is 5. The number of aryl methyl sites for hydroxylation is 1. The molecule has 1 fully saturated rings. The van der Waals surface area contributed by atoms with Crippen molar-refractivity contribution in [3.63, 3.8) is 0 Å². The summed E-state index contributed by atoms with van der Waals surface area (Å²) in [5.74, 6) is 0.638. The number of piperazine rings is 1. The molecular formula is C22H24FN3O2. The molecule has 2 heterocycles. The van der Waals surface area contributed by atoms with Crippen LogP contribution in [-0.4, -0.2) is 55.5 Å². The normalized spacial score (nSPS) is 15.2. The number of carbonyl (C=O) groups is 1. The molecular weight excluding hydrogens is 357 g/mol. The number of aromatic nitrogens is 1. The molecule has 146 valence electrons. The predicted octanol–water partition coefficient (Wildman–Crippen LogP) is 3.63. The fourth-order valence-corrected chi connectivity index (χ4v) is 3.89. The van der Waals surface area contributed by atoms with Crippen molar-refractivity contribution in [2.75, 3.05) is 44.7 Å². The highest BCUT2D eigenvalue weighted by molar-refractivity contribution is 6.10. The van der Waals surface area contributed by atoms with Gasteiger partial charge in [0.05, 0.1) is 13.7 Å². The van der Waals surface area contributed by atoms with E-state index in [2.05, 4.69) is 14.8 Å². The van der Waals surface area contributed by atoms with E-state index in [0.29, 0.717) is 6.54 Å². The Balaban J connectivity index is 1.44. The molecule has 4 rings (SSSR count). The van der Waals surface area contributed by atoms with Gasteiger partial charge in [-0.25, -0.2) is 4.39 Å². The molecule has 3 aromatic rings. The Hall–Kier alpha value is -2.86. The van der Waals surface area contributed by atoms with Crippen LogP contribution in [-0.2, 0) is 0 Å². The fraction of sp³-hybridized carbons (Fsp3) is 0.318. The first-order valence-electron chi connectivity index (χ1n) is 9.47. The van der Waals surface area contributed by atoms with Gasteiger partial charge in [-0.15, -0.1) is 0 Å². The molecule has 0 radical (unpaired) electrons. The first kappa shape index (κ1) is 18.5. The number of nitrogens with zero attached hydrogens (tertiary/aromatic N) is 2. The van der Waals surface area contributed by atoms with E-state index in [-0.39, 0.29) is 11.6 Å². The molecule has 5 nitrogen and oxygen atoms in total. The molecule has 0 atom stereocenters. The lowest BCUT2D eigenvalue weighted by molar-refractivity contribution is 0.0927. The third-order valence-electron chi connectivity index (χ3n) is 5.40. The fourth-order valence-electron chi connectivity index (χ4n) is 3.89. The SMILES string of the molecule is COc1ccc2[nH]c(C)c(C(=O)CN3CCN(c4ccc(F)cc4)CC3)c2c1. The number of hydrogen-bond donors (Lipinski definition) is 1. The second kappa shape index (κ2) is 7.64. The first-order valence-corrected chi connectivity index (χ1v) is 9.47. The molecule has 1 N–H and O–H groups in total. The Morgan fingerprint density at radius 2 is 1.82 bits per heavy atom. The summed E-state index contributed by atoms with van der Waals surface area (Å²) in [5.41, 5.74) is 3.60. The first-order chi connectivity index (χ1) is 13.5. The molecule has 2 aromatic carbocycles. The van der Waals surface area contributed by atoms with Gasteiger partial charge in [0.2, 0.25) is 0 Å². The maximum atomic E-state index is 13.1. The average molecular weight is 381 g/mol. The van der Waals surface area contributed by atoms with Gasteiger partial charge in [0.1, 0.15) is 11.6 Å². The van der Waals surface area contributed by atoms with E-state index in [4.69, 9.17) is 4.74 Å². The zero-order valence-electron chi connectivity index (χ0n) is 16.2. The summed E-state index contributed by atoms with van der Waals surface area (Å²) in [6.07, 6.45) is 0. The number of halogens is 1. The van der Waals surface area contributed by atoms with Gasteiger partial charge >= 0.3 is 0 Å². The van der Waals surface area contributed by atoms with Crippen molar-refractivity contribution in [3.8, 4) is 5.75 Å². The second-order valence-electron chi connectivity index (χ2n) is 7.20. The summed E-state index contributed by atoms with van der Waals surface area (Å²) in [5, 5.41) is 0.909. The highest BCUT2D eigenvalue weighted by Crippen LogP contribution is 2.27. The molecule has 1 saturated heterocycles. The largest absolute Gasteiger partial charge is 0.497 e. The van der Waals surface area contributed by atoms with E-state index in [1.165, 1.54) is 12.1 Å². The molecule has 0 amide bonds. The number of ether oxygens (including phenoxy) is 1. The van der Waals surface area contributed by atoms with Gasteiger partial charge in [0.15, 0.2) is 5.78 Å². The highest BCUT2D eigenvalue weighted by Gasteiger charge is 2.23. The van der Waals surface area contributed by atoms with Gasteiger partial charge in [0, 0.05) is 54.0 Å². The lowest BCUT2D eigenvalue weighted by Gasteiger charge is -2.35. The lowest BCUT2D eigenvalue weighted by atomic mass is 10.1. The summed E-state index contributed by atoms with van der Waals surface area (Å²) < 4.78 is 18.4. The number of Topliss-reactive ketones (excluding diaryl/α,β-unsaturated/α-hetero) is 1. The van der Waals surface area contributed by atoms with Crippen LogP contribution in [0.3, 0.4) is 0 Å². The maximum Gasteiger partial charge on any atom is 0.179 e. The minimum atomic E-state index is -0.223. The van der Waals surface area contributed by atoms with Gasteiger partial charge in [-0.1, -0.05) is 0 Å². The van der Waals surface area contributed by atoms with Crippen molar-refractivity contribution in [2.24, 2.45) is 0 Å². The molecule has 0 bridgehead atoms. The molecule has 28 heavy (non-hydrogen) atoms. The second-order valence-corrected chi connectivity index (χ2v) is 7.20. The van der Waals surface area contributed by atoms with Crippen LogP contribution < -0.4 is 9.64 Å². The zero-order chi connectivity index (χ0) is 19.7. The zero-order valence-corrected chi connectivity index (χ0v) is 16.2. The standard InChI is InChI=1S/C22H24FN3O2/c1-15-22(19-13-18(28-2)7-8-20(19)24-15)21(27)14-25-9-11-26(12-10-25)17-5-3-16(23)4-6-17/h3-8,13,24H,9-12,14H2,1-2H3. The molecule has 1 aromatic heterocycles. The summed E-state index contributed by atoms with van der Waals surface area (Å²) in [7, 11) is 1.63. The lowest BCUT2D eigenvalue weighted by Crippen LogP contribution is -2.48. The van der Waals surface area contributed by atoms with E-state index < -0.39 is 0 Å². The molecule has 0 unspecified atom stereocenters. The molecule has 1 aliphatic rings. The molecule has 0 spiro atoms. The Labute approximate surface area is 163 Å². The van der Waals surface area contributed by atoms with Crippen LogP contribution in [0.1, 0.15) is 16.1 Å². The third-order valence-corrected chi connectivity index (χ3v) is 5.40. The number of anilines is 1. The number of benzene rings is 2. The number of methoxy groups -OCH3 is 1. The molecule has 1 aliphatic heterocycles. The van der Waals surface area contributed by atoms with Crippen LogP contribution in [0.25, 0.3) is 10.9 Å². The van der Waals surface area contributed by atoms with Crippen molar-refractivity contribution >= 4 is 22.4 Å². The van der Waals surface area contributed by atoms with Crippen LogP contribution in [0.2, 0.25) is 0 Å². The van der Waals surface area contributed by atoms with E-state index in [1.54, 1.807) is 19.2 Å². The quantitative estimate of drug-likeness (QED) is 0.686. The van der Waals surface area contributed by atoms with Crippen molar-refractivity contribution in [2.45, 2.75) is 6.92 Å². The van der Waals surface area contributed by atoms with Crippen molar-refractivity contribution in [1.82, 2.24) is 9.88 Å². The predicted molar refractivity (Wildman–Crippen MR) is 109 cm³/mol. The minimum Gasteiger partial charge on any atom is -0.497 e. The molecule has 6 heteroatoms. The summed E-state index contributed by atoms with van der Waals surface area (Å²) in [6, 6.07) is 12.3. The van der Waals surface area contributed by atoms with Gasteiger partial charge in [-0.05, 0) is 49.4 Å². The van der Waals surface area contributed by atoms with Crippen molar-refractivity contribution in [3.05, 3.63) is 59.5 Å². The monoisotopic (exact) mass is 381 g/mol. The summed E-state index contributed by atoms with van der Waals surface area (Å²) in [4.78, 5) is 20.7. The smallest absolute Gasteiger partial charge is 0.179 e. The minimum absolute atomic E-state index is 0.118. The number of fused-ring (bicyclic) bond motifs is 1. The van der Waals surface area contributed by atoms with Gasteiger partial charge < -0.3 is 14.6 Å². The van der Waals surface area contributed by atoms with Gasteiger partial charge in [-0.2, -0.15) is 0 Å². The topological polar surface area (TPSA) is 48.6 Å². The summed E-state index contributed by atoms with van der Waals surface area (Å²) in [6.45, 7) is 5.56. The molecule has 0 saturated carbocycles. The van der Waals surface area contributed by atoms with Crippen LogP contribution in [0.4, 0.5) is 10.1 Å². The number of aromatic amines is 1. The summed E-state index contributed by atoms with van der Waals surface area (Å²) >= 11 is 0. The number of hydrogen-bond acceptors (Lipinski definition) is 4. The van der Waals surface area contributed by atoms with E-state index in [0.717, 1.165) is 59.8 Å². The van der Waals surface area contributed by atoms with Crippen LogP contribution in [0.15, 0.2) is 42.5 Å². The number of H-pyrrole nitrogens is 1. The van der Waals surface area contributed by atoms with Crippen LogP contribution in [0.5, 0.6) is 5.75 Å². The molecule has 0 aliphatic carbocycles. The average Bonchev–Trinajstić information content (AvgIpc) is 3.04. The van der Waals surface area contributed by atoms with Gasteiger partial charge in [0.25, 0.3) is 0 Å². The van der Waals surface area contributed by atoms with E-state index in [9.17, 15) is 9.18 Å². The maximum absolute atomic E-state index is 13.1. The van der Waals surface area contributed by atoms with Crippen molar-refractivity contribution < 1.29 is 13.9 Å². The Bertz CT molecular complexity index is 989. The van der Waals surface area contributed by atoms with E-state index in [1.807, 2.05) is 25.1 Å². The van der Waals surface area contributed by atoms with Crippen molar-refractivity contribution in [1.29, 1.82) is 0 Å². The number of nitrogens with one attached hydrogen (secondary N) is 1. The van der Waals surface area contributed by atoms with Crippen LogP contribution >= 0.6 is 0 Å². The Kier molecular flexibility index (Phi) is 5.05. The Morgan fingerprint density at radius 3 is 2.50 bits per heavy atom. The van der Waals surface area contributed by atoms with Gasteiger partial charge in [-0.3, -0.25) is 9.69 Å². The highest BCUT2D eigenvalue weighted by atomic mass is 19.1. The van der Waals surface area contributed by atoms with E-state index >= 15 is 0 Å². The number of ketones is 1. The van der Waals surface area contributed by atoms with Crippen LogP contribution in [0, 0.1) is 12.7 Å². The third kappa shape index (κ3) is 3.60. The number of carbonyl (C=O) groups excluding carboxylic acids is 1.